The highest BCUT2D eigenvalue weighted by atomic mass is 32.2. The van der Waals surface area contributed by atoms with Gasteiger partial charge >= 0.3 is 0 Å². The Hall–Kier alpha value is -4.76. The van der Waals surface area contributed by atoms with Gasteiger partial charge in [0.2, 0.25) is 0 Å². The van der Waals surface area contributed by atoms with Crippen molar-refractivity contribution in [1.82, 2.24) is 0 Å². The Morgan fingerprint density at radius 3 is 1.39 bits per heavy atom. The van der Waals surface area contributed by atoms with Crippen LogP contribution < -0.4 is 0 Å². The van der Waals surface area contributed by atoms with Gasteiger partial charge in [-0.05, 0) is 102 Å². The molecule has 0 saturated heterocycles. The van der Waals surface area contributed by atoms with Crippen molar-refractivity contribution in [3.05, 3.63) is 158 Å². The molecule has 8 aromatic rings. The molecule has 44 heavy (non-hydrogen) atoms. The van der Waals surface area contributed by atoms with E-state index in [1.807, 2.05) is 23.5 Å². The molecule has 1 heterocycles. The van der Waals surface area contributed by atoms with Crippen molar-refractivity contribution in [3.63, 3.8) is 0 Å². The zero-order chi connectivity index (χ0) is 29.0. The second-order valence-electron chi connectivity index (χ2n) is 11.3. The van der Waals surface area contributed by atoms with Gasteiger partial charge in [0.15, 0.2) is 0 Å². The van der Waals surface area contributed by atoms with E-state index in [9.17, 15) is 0 Å². The maximum Gasteiger partial charge on any atom is 0.0268 e. The van der Waals surface area contributed by atoms with Crippen molar-refractivity contribution in [3.8, 4) is 33.4 Å². The van der Waals surface area contributed by atoms with Crippen molar-refractivity contribution in [2.45, 2.75) is 19.6 Å². The van der Waals surface area contributed by atoms with Gasteiger partial charge in [0, 0.05) is 19.6 Å². The van der Waals surface area contributed by atoms with E-state index < -0.39 is 0 Å². The molecule has 206 valence electrons. The average Bonchev–Trinajstić information content (AvgIpc) is 3.10. The van der Waals surface area contributed by atoms with Gasteiger partial charge in [-0.25, -0.2) is 0 Å². The number of hydrogen-bond donors (Lipinski definition) is 0. The van der Waals surface area contributed by atoms with Crippen molar-refractivity contribution in [2.24, 2.45) is 0 Å². The van der Waals surface area contributed by atoms with Gasteiger partial charge in [0.1, 0.15) is 0 Å². The Balaban J connectivity index is 1.20. The lowest BCUT2D eigenvalue weighted by Gasteiger charge is -2.19. The van der Waals surface area contributed by atoms with Crippen molar-refractivity contribution in [2.75, 3.05) is 0 Å². The van der Waals surface area contributed by atoms with Crippen molar-refractivity contribution in [1.29, 1.82) is 0 Å². The standard InChI is InChI=1S/C42H26S2/c1-2-10-27(11-3-1)28-18-21-35-36-22-19-29(25-38(36)34-15-7-6-14-33(34)37(35)24-28)31-12-4-5-13-32(31)30-20-23-41-42(26-30)44-40-17-9-8-16-39(40)43-41/h1-26H. The highest BCUT2D eigenvalue weighted by Crippen LogP contribution is 2.50. The molecule has 0 fully saturated rings. The molecular formula is C42H26S2. The summed E-state index contributed by atoms with van der Waals surface area (Å²) in [7, 11) is 0. The van der Waals surface area contributed by atoms with Crippen molar-refractivity contribution < 1.29 is 0 Å². The minimum atomic E-state index is 1.24. The number of rotatable bonds is 3. The summed E-state index contributed by atoms with van der Waals surface area (Å²) in [6.07, 6.45) is 0. The van der Waals surface area contributed by atoms with Crippen LogP contribution >= 0.6 is 23.5 Å². The third-order valence-corrected chi connectivity index (χ3v) is 11.3. The summed E-state index contributed by atoms with van der Waals surface area (Å²) in [5.74, 6) is 0. The zero-order valence-electron chi connectivity index (χ0n) is 23.8. The largest absolute Gasteiger partial charge is 0.0877 e. The molecular weight excluding hydrogens is 569 g/mol. The van der Waals surface area contributed by atoms with Crippen LogP contribution in [0.1, 0.15) is 0 Å². The molecule has 1 aliphatic heterocycles. The molecule has 0 unspecified atom stereocenters. The number of benzene rings is 8. The maximum absolute atomic E-state index is 2.40. The Labute approximate surface area is 265 Å². The third kappa shape index (κ3) is 4.25. The number of fused-ring (bicyclic) bond motifs is 8. The van der Waals surface area contributed by atoms with E-state index in [1.54, 1.807) is 0 Å². The Bertz CT molecular complexity index is 2370. The van der Waals surface area contributed by atoms with Crippen LogP contribution in [-0.4, -0.2) is 0 Å². The van der Waals surface area contributed by atoms with Crippen LogP contribution in [0.2, 0.25) is 0 Å². The first-order chi connectivity index (χ1) is 21.8. The molecule has 0 spiro atoms. The van der Waals surface area contributed by atoms with E-state index in [4.69, 9.17) is 0 Å². The predicted molar refractivity (Wildman–Crippen MR) is 190 cm³/mol. The van der Waals surface area contributed by atoms with E-state index in [2.05, 4.69) is 158 Å². The summed E-state index contributed by atoms with van der Waals surface area (Å²) in [5, 5.41) is 7.77. The number of hydrogen-bond acceptors (Lipinski definition) is 2. The van der Waals surface area contributed by atoms with Crippen molar-refractivity contribution >= 4 is 55.8 Å². The Morgan fingerprint density at radius 2 is 0.705 bits per heavy atom. The molecule has 0 aliphatic carbocycles. The smallest absolute Gasteiger partial charge is 0.0268 e. The fraction of sp³-hybridized carbons (Fsp3) is 0. The first-order valence-corrected chi connectivity index (χ1v) is 16.6. The lowest BCUT2D eigenvalue weighted by molar-refractivity contribution is 1.16. The molecule has 2 heteroatoms. The van der Waals surface area contributed by atoms with E-state index in [0.29, 0.717) is 0 Å². The van der Waals surface area contributed by atoms with Crippen LogP contribution in [0.5, 0.6) is 0 Å². The average molecular weight is 595 g/mol. The van der Waals surface area contributed by atoms with Crippen LogP contribution in [0.15, 0.2) is 177 Å². The highest BCUT2D eigenvalue weighted by molar-refractivity contribution is 8.05. The van der Waals surface area contributed by atoms with E-state index in [1.165, 1.54) is 85.3 Å². The molecule has 0 N–H and O–H groups in total. The normalized spacial score (nSPS) is 12.4. The molecule has 9 rings (SSSR count). The van der Waals surface area contributed by atoms with Crippen LogP contribution in [-0.2, 0) is 0 Å². The fourth-order valence-corrected chi connectivity index (χ4v) is 8.87. The maximum atomic E-state index is 2.40. The van der Waals surface area contributed by atoms with Gasteiger partial charge in [0.25, 0.3) is 0 Å². The molecule has 0 radical (unpaired) electrons. The van der Waals surface area contributed by atoms with Crippen LogP contribution in [0.25, 0.3) is 65.7 Å². The summed E-state index contributed by atoms with van der Waals surface area (Å²) >= 11 is 3.75. The molecule has 0 aromatic heterocycles. The summed E-state index contributed by atoms with van der Waals surface area (Å²) in [5.41, 5.74) is 7.50. The monoisotopic (exact) mass is 594 g/mol. The second kappa shape index (κ2) is 10.4. The van der Waals surface area contributed by atoms with Crippen LogP contribution in [0.3, 0.4) is 0 Å². The Kier molecular flexibility index (Phi) is 6.11. The lowest BCUT2D eigenvalue weighted by atomic mass is 9.89. The van der Waals surface area contributed by atoms with Gasteiger partial charge in [-0.1, -0.05) is 145 Å². The lowest BCUT2D eigenvalue weighted by Crippen LogP contribution is -1.91. The molecule has 0 nitrogen and oxygen atoms in total. The van der Waals surface area contributed by atoms with E-state index in [0.717, 1.165) is 0 Å². The topological polar surface area (TPSA) is 0 Å². The van der Waals surface area contributed by atoms with Crippen LogP contribution in [0.4, 0.5) is 0 Å². The minimum Gasteiger partial charge on any atom is -0.0877 e. The van der Waals surface area contributed by atoms with E-state index >= 15 is 0 Å². The second-order valence-corrected chi connectivity index (χ2v) is 13.5. The predicted octanol–water partition coefficient (Wildman–Crippen LogP) is 12.8. The minimum absolute atomic E-state index is 1.24. The highest BCUT2D eigenvalue weighted by Gasteiger charge is 2.18. The first-order valence-electron chi connectivity index (χ1n) is 14.9. The zero-order valence-corrected chi connectivity index (χ0v) is 25.5. The SMILES string of the molecule is c1ccc(-c2ccc3c4ccc(-c5ccccc5-c5ccc6c(c5)Sc5ccccc5S6)cc4c4ccccc4c3c2)cc1. The molecule has 1 aliphatic rings. The molecule has 0 bridgehead atoms. The van der Waals surface area contributed by atoms with Gasteiger partial charge < -0.3 is 0 Å². The van der Waals surface area contributed by atoms with Gasteiger partial charge in [-0.2, -0.15) is 0 Å². The molecule has 0 atom stereocenters. The Morgan fingerprint density at radius 1 is 0.250 bits per heavy atom. The summed E-state index contributed by atoms with van der Waals surface area (Å²) < 4.78 is 0. The van der Waals surface area contributed by atoms with E-state index in [-0.39, 0.29) is 0 Å². The first kappa shape index (κ1) is 25.7. The summed E-state index contributed by atoms with van der Waals surface area (Å²) in [4.78, 5) is 5.33. The van der Waals surface area contributed by atoms with Gasteiger partial charge in [-0.15, -0.1) is 0 Å². The third-order valence-electron chi connectivity index (χ3n) is 8.73. The summed E-state index contributed by atoms with van der Waals surface area (Å²) in [6, 6.07) is 58.0. The van der Waals surface area contributed by atoms with Gasteiger partial charge in [-0.3, -0.25) is 0 Å². The molecule has 8 aromatic carbocycles. The molecule has 0 saturated carbocycles. The molecule has 0 amide bonds. The van der Waals surface area contributed by atoms with Gasteiger partial charge in [0.05, 0.1) is 0 Å². The quantitative estimate of drug-likeness (QED) is 0.187. The summed E-state index contributed by atoms with van der Waals surface area (Å²) in [6.45, 7) is 0. The fourth-order valence-electron chi connectivity index (χ4n) is 6.62. The van der Waals surface area contributed by atoms with Crippen LogP contribution in [0, 0.1) is 0 Å².